The van der Waals surface area contributed by atoms with Crippen molar-refractivity contribution in [3.05, 3.63) is 16.1 Å². The van der Waals surface area contributed by atoms with E-state index in [0.29, 0.717) is 0 Å². The van der Waals surface area contributed by atoms with Gasteiger partial charge in [0.05, 0.1) is 11.0 Å². The molecule has 8 heteroatoms. The summed E-state index contributed by atoms with van der Waals surface area (Å²) in [5.74, 6) is -0.335. The average Bonchev–Trinajstić information content (AvgIpc) is 2.62. The molecular weight excluding hydrogens is 278 g/mol. The van der Waals surface area contributed by atoms with E-state index in [1.807, 2.05) is 6.92 Å². The van der Waals surface area contributed by atoms with Gasteiger partial charge in [0.1, 0.15) is 10.8 Å². The van der Waals surface area contributed by atoms with Crippen LogP contribution in [-0.2, 0) is 16.4 Å². The van der Waals surface area contributed by atoms with Gasteiger partial charge in [0.2, 0.25) is 10.0 Å². The SMILES string of the molecule is CCc1cnc(C(C)NS(=O)(=O)CC(N)=S)s1. The number of sulfonamides is 1. The quantitative estimate of drug-likeness (QED) is 0.764. The summed E-state index contributed by atoms with van der Waals surface area (Å²) in [5, 5.41) is 0.744. The van der Waals surface area contributed by atoms with E-state index in [0.717, 1.165) is 16.3 Å². The van der Waals surface area contributed by atoms with Gasteiger partial charge < -0.3 is 5.73 Å². The second-order valence-corrected chi connectivity index (χ2v) is 7.01. The maximum Gasteiger partial charge on any atom is 0.218 e. The van der Waals surface area contributed by atoms with Gasteiger partial charge in [-0.05, 0) is 13.3 Å². The lowest BCUT2D eigenvalue weighted by Gasteiger charge is -2.11. The smallest absolute Gasteiger partial charge is 0.218 e. The van der Waals surface area contributed by atoms with Crippen LogP contribution in [0.15, 0.2) is 6.20 Å². The third kappa shape index (κ3) is 4.66. The molecule has 0 radical (unpaired) electrons. The van der Waals surface area contributed by atoms with Crippen molar-refractivity contribution in [2.24, 2.45) is 5.73 Å². The standard InChI is InChI=1S/C9H15N3O2S3/c1-3-7-4-11-9(16-7)6(2)12-17(13,14)5-8(10)15/h4,6,12H,3,5H2,1-2H3,(H2,10,15). The van der Waals surface area contributed by atoms with E-state index in [-0.39, 0.29) is 16.8 Å². The molecule has 1 atom stereocenters. The van der Waals surface area contributed by atoms with Crippen LogP contribution in [0.3, 0.4) is 0 Å². The molecule has 1 aromatic heterocycles. The predicted octanol–water partition coefficient (Wildman–Crippen LogP) is 0.972. The van der Waals surface area contributed by atoms with Crippen LogP contribution in [0.2, 0.25) is 0 Å². The number of aromatic nitrogens is 1. The highest BCUT2D eigenvalue weighted by Crippen LogP contribution is 2.20. The van der Waals surface area contributed by atoms with Crippen molar-refractivity contribution in [2.75, 3.05) is 5.75 Å². The fraction of sp³-hybridized carbons (Fsp3) is 0.556. The summed E-state index contributed by atoms with van der Waals surface area (Å²) in [7, 11) is -3.48. The molecule has 1 unspecified atom stereocenters. The van der Waals surface area contributed by atoms with Crippen molar-refractivity contribution in [3.63, 3.8) is 0 Å². The van der Waals surface area contributed by atoms with E-state index >= 15 is 0 Å². The monoisotopic (exact) mass is 293 g/mol. The number of nitrogens with two attached hydrogens (primary N) is 1. The number of rotatable bonds is 6. The summed E-state index contributed by atoms with van der Waals surface area (Å²) in [6.45, 7) is 3.77. The van der Waals surface area contributed by atoms with Crippen molar-refractivity contribution < 1.29 is 8.42 Å². The molecule has 0 aliphatic carbocycles. The average molecular weight is 293 g/mol. The Labute approximate surface area is 110 Å². The Kier molecular flexibility index (Phi) is 4.99. The zero-order chi connectivity index (χ0) is 13.1. The summed E-state index contributed by atoms with van der Waals surface area (Å²) < 4.78 is 25.7. The molecule has 0 bridgehead atoms. The molecule has 1 heterocycles. The van der Waals surface area contributed by atoms with E-state index in [2.05, 4.69) is 21.9 Å². The number of thiazole rings is 1. The van der Waals surface area contributed by atoms with Crippen molar-refractivity contribution >= 4 is 38.6 Å². The summed E-state index contributed by atoms with van der Waals surface area (Å²) in [6.07, 6.45) is 2.66. The molecular formula is C9H15N3O2S3. The van der Waals surface area contributed by atoms with Gasteiger partial charge in [0, 0.05) is 11.1 Å². The van der Waals surface area contributed by atoms with Gasteiger partial charge in [-0.1, -0.05) is 19.1 Å². The predicted molar refractivity (Wildman–Crippen MR) is 73.6 cm³/mol. The molecule has 0 fully saturated rings. The highest BCUT2D eigenvalue weighted by Gasteiger charge is 2.18. The first-order chi connectivity index (χ1) is 7.84. The molecule has 1 aromatic rings. The number of aryl methyl sites for hydroxylation is 1. The number of nitrogens with one attached hydrogen (secondary N) is 1. The molecule has 0 saturated heterocycles. The molecule has 0 aliphatic rings. The molecule has 3 N–H and O–H groups in total. The maximum absolute atomic E-state index is 11.6. The third-order valence-electron chi connectivity index (χ3n) is 1.98. The Morgan fingerprint density at radius 3 is 2.82 bits per heavy atom. The van der Waals surface area contributed by atoms with E-state index in [4.69, 9.17) is 5.73 Å². The number of hydrogen-bond acceptors (Lipinski definition) is 5. The zero-order valence-corrected chi connectivity index (χ0v) is 12.1. The zero-order valence-electron chi connectivity index (χ0n) is 9.63. The number of nitrogens with zero attached hydrogens (tertiary/aromatic N) is 1. The van der Waals surface area contributed by atoms with Crippen LogP contribution in [0, 0.1) is 0 Å². The molecule has 0 amide bonds. The van der Waals surface area contributed by atoms with Crippen molar-refractivity contribution in [2.45, 2.75) is 26.3 Å². The van der Waals surface area contributed by atoms with Crippen LogP contribution in [0.4, 0.5) is 0 Å². The van der Waals surface area contributed by atoms with Gasteiger partial charge in [0.25, 0.3) is 0 Å². The van der Waals surface area contributed by atoms with Crippen LogP contribution in [0.5, 0.6) is 0 Å². The summed E-state index contributed by atoms with van der Waals surface area (Å²) in [5.41, 5.74) is 5.22. The fourth-order valence-corrected chi connectivity index (χ4v) is 3.74. The summed E-state index contributed by atoms with van der Waals surface area (Å²) in [4.78, 5) is 5.26. The Morgan fingerprint density at radius 2 is 2.35 bits per heavy atom. The van der Waals surface area contributed by atoms with Gasteiger partial charge in [0.15, 0.2) is 0 Å². The fourth-order valence-electron chi connectivity index (χ4n) is 1.23. The topological polar surface area (TPSA) is 85.1 Å². The molecule has 0 spiro atoms. The van der Waals surface area contributed by atoms with Crippen LogP contribution in [0.1, 0.15) is 29.8 Å². The van der Waals surface area contributed by atoms with Crippen LogP contribution in [0.25, 0.3) is 0 Å². The first-order valence-corrected chi connectivity index (χ1v) is 7.94. The molecule has 96 valence electrons. The van der Waals surface area contributed by atoms with Gasteiger partial charge in [-0.15, -0.1) is 11.3 Å². The van der Waals surface area contributed by atoms with Crippen LogP contribution < -0.4 is 10.5 Å². The third-order valence-corrected chi connectivity index (χ3v) is 5.03. The van der Waals surface area contributed by atoms with Crippen molar-refractivity contribution in [1.82, 2.24) is 9.71 Å². The van der Waals surface area contributed by atoms with E-state index in [9.17, 15) is 8.42 Å². The second kappa shape index (κ2) is 5.85. The highest BCUT2D eigenvalue weighted by molar-refractivity contribution is 7.92. The van der Waals surface area contributed by atoms with E-state index < -0.39 is 10.0 Å². The van der Waals surface area contributed by atoms with E-state index in [1.165, 1.54) is 11.3 Å². The highest BCUT2D eigenvalue weighted by atomic mass is 32.2. The molecule has 0 aromatic carbocycles. The Morgan fingerprint density at radius 1 is 1.71 bits per heavy atom. The van der Waals surface area contributed by atoms with Crippen molar-refractivity contribution in [3.8, 4) is 0 Å². The molecule has 0 saturated carbocycles. The van der Waals surface area contributed by atoms with E-state index in [1.54, 1.807) is 13.1 Å². The first kappa shape index (κ1) is 14.5. The normalized spacial score (nSPS) is 13.5. The minimum Gasteiger partial charge on any atom is -0.392 e. The van der Waals surface area contributed by atoms with Gasteiger partial charge in [-0.3, -0.25) is 0 Å². The van der Waals surface area contributed by atoms with Gasteiger partial charge in [-0.2, -0.15) is 0 Å². The molecule has 0 aliphatic heterocycles. The summed E-state index contributed by atoms with van der Waals surface area (Å²) >= 11 is 6.08. The van der Waals surface area contributed by atoms with Crippen LogP contribution in [-0.4, -0.2) is 24.1 Å². The largest absolute Gasteiger partial charge is 0.392 e. The molecule has 5 nitrogen and oxygen atoms in total. The Balaban J connectivity index is 2.72. The lowest BCUT2D eigenvalue weighted by molar-refractivity contribution is 0.570. The van der Waals surface area contributed by atoms with Gasteiger partial charge >= 0.3 is 0 Å². The lowest BCUT2D eigenvalue weighted by atomic mass is 10.4. The van der Waals surface area contributed by atoms with Gasteiger partial charge in [-0.25, -0.2) is 18.1 Å². The minimum absolute atomic E-state index is 0.0434. The Hall–Kier alpha value is -0.570. The molecule has 1 rings (SSSR count). The van der Waals surface area contributed by atoms with Crippen LogP contribution >= 0.6 is 23.6 Å². The Bertz CT molecular complexity index is 495. The number of hydrogen-bond donors (Lipinski definition) is 2. The maximum atomic E-state index is 11.6. The second-order valence-electron chi connectivity index (χ2n) is 3.58. The lowest BCUT2D eigenvalue weighted by Crippen LogP contribution is -2.34. The first-order valence-electron chi connectivity index (χ1n) is 5.07. The minimum atomic E-state index is -3.48. The number of thiocarbonyl (C=S) groups is 1. The summed E-state index contributed by atoms with van der Waals surface area (Å²) in [6, 6.07) is -0.361. The molecule has 17 heavy (non-hydrogen) atoms. The van der Waals surface area contributed by atoms with Crippen molar-refractivity contribution in [1.29, 1.82) is 0 Å².